The van der Waals surface area contributed by atoms with Crippen molar-refractivity contribution in [1.82, 2.24) is 21.3 Å². The van der Waals surface area contributed by atoms with E-state index in [1.54, 1.807) is 0 Å². The number of carboxylic acid groups (broad SMARTS) is 3. The average molecular weight is 1750 g/mol. The number of aliphatic hydroxyl groups is 1. The zero-order valence-electron chi connectivity index (χ0n) is 62.0. The number of carbonyl (C=O) groups is 10. The van der Waals surface area contributed by atoms with Gasteiger partial charge < -0.3 is 80.6 Å². The maximum atomic E-state index is 11.9. The Morgan fingerprint density at radius 2 is 0.609 bits per heavy atom. The molecule has 4 aliphatic carbocycles. The first-order valence-electron chi connectivity index (χ1n) is 34.6. The lowest BCUT2D eigenvalue weighted by Crippen LogP contribution is -2.28. The zero-order valence-corrected chi connectivity index (χ0v) is 69.3. The Bertz CT molecular complexity index is 4230. The highest BCUT2D eigenvalue weighted by molar-refractivity contribution is 8.26. The number of hydrogen-bond donors (Lipinski definition) is 10. The number of aliphatic hydroxyl groups excluding tert-OH is 1. The summed E-state index contributed by atoms with van der Waals surface area (Å²) in [6.45, 7) is 3.13. The van der Waals surface area contributed by atoms with Crippen molar-refractivity contribution in [3.05, 3.63) is 239 Å². The van der Waals surface area contributed by atoms with Crippen LogP contribution in [0.2, 0.25) is 0 Å². The van der Waals surface area contributed by atoms with Crippen molar-refractivity contribution in [2.45, 2.75) is 23.7 Å². The highest BCUT2D eigenvalue weighted by atomic mass is 36.0. The molecule has 0 heterocycles. The Balaban J connectivity index is 0.000000252. The van der Waals surface area contributed by atoms with E-state index in [9.17, 15) is 47.9 Å². The minimum absolute atomic E-state index is 0.0246. The number of benzene rings is 8. The van der Waals surface area contributed by atoms with Gasteiger partial charge in [-0.15, -0.1) is 0 Å². The first kappa shape index (κ1) is 95.9. The summed E-state index contributed by atoms with van der Waals surface area (Å²) in [6, 6.07) is 65.6. The standard InChI is InChI=1S/C19H19NO4S.C18H16ClNO3S.C18H17NO4S.C17H17NO2S.C4H9NO2S.C2H2O5.CH4O.Cl2OS/c1-23-19(22)25-11-10-20-18(21)24-12-17-15-8-4-2-6-13(15)14-7-3-5-9-16(14)17;19-17(21)24-10-9-20-18(22)23-11-16-14-7-3-1-5-12(14)13-6-2-4-8-15(13)16;20-17(19-9-10-24-18(21)22)23-11-16-14-7-3-1-5-12(14)13-6-2-4-8-15(13)16;19-17(18-9-10-21)20-11-16-14-7-3-1-5-12(14)13-6-2-4-8-15(13)16;1-7-4(6)8-3-2-5;3-1(4)7-2(5)6;1-2;1-4(2)3/h2-9,17H,10-12H2,1H3,(H,20,21);1-8,16H,9-11H2,(H,20,22);1-8,16H,9-11H2,(H,19,20)(H,21,22);1-8,16,21H,9-11H2,(H,18,19);2-3,5H2,1H3;(H,3,4)(H,5,6);2H,1H3;. The number of methoxy groups -OCH3 is 2. The highest BCUT2D eigenvalue weighted by Crippen LogP contribution is 2.48. The van der Waals surface area contributed by atoms with Crippen molar-refractivity contribution in [1.29, 1.82) is 0 Å². The van der Waals surface area contributed by atoms with Crippen LogP contribution in [-0.2, 0) is 42.4 Å². The number of thiol groups is 1. The molecule has 8 aromatic rings. The number of hydrogen-bond acceptors (Lipinski definition) is 25. The third-order valence-electron chi connectivity index (χ3n) is 16.4. The number of fused-ring (bicyclic) bond motifs is 12. The van der Waals surface area contributed by atoms with Crippen molar-refractivity contribution in [2.24, 2.45) is 5.73 Å². The summed E-state index contributed by atoms with van der Waals surface area (Å²) in [5.41, 5.74) is 24.2. The van der Waals surface area contributed by atoms with Gasteiger partial charge in [0.2, 0.25) is 9.23 Å². The highest BCUT2D eigenvalue weighted by Gasteiger charge is 2.33. The fraction of sp³-hybridized carbons (Fsp3) is 0.266. The largest absolute Gasteiger partial charge is 0.516 e. The summed E-state index contributed by atoms with van der Waals surface area (Å²) in [5, 5.41) is 39.4. The molecule has 0 unspecified atom stereocenters. The van der Waals surface area contributed by atoms with Gasteiger partial charge in [0.1, 0.15) is 26.4 Å². The smallest absolute Gasteiger partial charge is 0.473 e. The van der Waals surface area contributed by atoms with E-state index in [1.165, 1.54) is 92.1 Å². The summed E-state index contributed by atoms with van der Waals surface area (Å²) in [6.07, 6.45) is -5.50. The Kier molecular flexibility index (Phi) is 44.6. The predicted molar refractivity (Wildman–Crippen MR) is 454 cm³/mol. The Hall–Kier alpha value is -9.65. The molecule has 0 aliphatic heterocycles. The summed E-state index contributed by atoms with van der Waals surface area (Å²) >= 11 is 13.1. The number of nitrogens with one attached hydrogen (secondary N) is 4. The zero-order chi connectivity index (χ0) is 84.0. The van der Waals surface area contributed by atoms with Gasteiger partial charge in [-0.25, -0.2) is 47.4 Å². The second kappa shape index (κ2) is 53.5. The molecule has 27 nitrogen and oxygen atoms in total. The van der Waals surface area contributed by atoms with Gasteiger partial charge in [0.05, 0.1) is 14.2 Å². The fourth-order valence-corrected chi connectivity index (χ4v) is 13.9. The predicted octanol–water partition coefficient (Wildman–Crippen LogP) is 17.5. The van der Waals surface area contributed by atoms with Crippen molar-refractivity contribution in [3.63, 3.8) is 0 Å². The number of thioether (sulfide) groups is 4. The summed E-state index contributed by atoms with van der Waals surface area (Å²) < 4.78 is 42.0. The van der Waals surface area contributed by atoms with Crippen molar-refractivity contribution < 1.29 is 106 Å². The minimum atomic E-state index is -1.81. The van der Waals surface area contributed by atoms with Gasteiger partial charge in [-0.05, 0) is 136 Å². The average Bonchev–Trinajstić information content (AvgIpc) is 1.64. The molecule has 0 saturated heterocycles. The summed E-state index contributed by atoms with van der Waals surface area (Å²) in [4.78, 5) is 108. The molecule has 0 bridgehead atoms. The van der Waals surface area contributed by atoms with Crippen LogP contribution >= 0.6 is 92.6 Å². The molecule has 4 aliphatic rings. The van der Waals surface area contributed by atoms with Crippen molar-refractivity contribution >= 4 is 159 Å². The number of halogens is 3. The molecule has 0 saturated carbocycles. The first-order chi connectivity index (χ1) is 55.5. The third kappa shape index (κ3) is 32.5. The number of carbonyl (C=O) groups excluding carboxylic acids is 7. The van der Waals surface area contributed by atoms with Gasteiger partial charge in [-0.2, -0.15) is 12.6 Å². The lowest BCUT2D eigenvalue weighted by atomic mass is 9.98. The quantitative estimate of drug-likeness (QED) is 0.00797. The Labute approximate surface area is 702 Å². The molecule has 8 aromatic carbocycles. The molecule has 12 rings (SSSR count). The van der Waals surface area contributed by atoms with Gasteiger partial charge in [0, 0.05) is 114 Å². The summed E-state index contributed by atoms with van der Waals surface area (Å²) in [5.74, 6) is 2.63. The maximum absolute atomic E-state index is 11.9. The molecule has 0 spiro atoms. The topological polar surface area (TPSA) is 407 Å². The van der Waals surface area contributed by atoms with E-state index in [0.717, 1.165) is 65.3 Å². The Morgan fingerprint density at radius 3 is 0.809 bits per heavy atom. The van der Waals surface area contributed by atoms with Crippen LogP contribution in [0.3, 0.4) is 0 Å². The second-order valence-electron chi connectivity index (χ2n) is 23.1. The molecule has 4 amide bonds. The van der Waals surface area contributed by atoms with Crippen LogP contribution in [0, 0.1) is 0 Å². The van der Waals surface area contributed by atoms with E-state index in [0.29, 0.717) is 61.6 Å². The Morgan fingerprint density at radius 1 is 0.391 bits per heavy atom. The monoisotopic (exact) mass is 1750 g/mol. The van der Waals surface area contributed by atoms with E-state index in [-0.39, 0.29) is 66.7 Å². The number of ether oxygens (including phenoxy) is 7. The number of nitrogens with two attached hydrogens (primary N) is 1. The fourth-order valence-electron chi connectivity index (χ4n) is 12.0. The van der Waals surface area contributed by atoms with Crippen LogP contribution in [0.25, 0.3) is 44.5 Å². The number of alkyl carbamates (subject to hydrolysis) is 4. The van der Waals surface area contributed by atoms with Crippen LogP contribution in [0.5, 0.6) is 0 Å². The molecule has 0 fully saturated rings. The van der Waals surface area contributed by atoms with Gasteiger partial charge in [0.25, 0.3) is 4.57 Å². The van der Waals surface area contributed by atoms with E-state index in [4.69, 9.17) is 60.9 Å². The van der Waals surface area contributed by atoms with Crippen molar-refractivity contribution in [3.8, 4) is 44.5 Å². The number of amides is 4. The van der Waals surface area contributed by atoms with Crippen LogP contribution in [0.15, 0.2) is 194 Å². The lowest BCUT2D eigenvalue weighted by molar-refractivity contribution is 0.0799. The lowest BCUT2D eigenvalue weighted by Gasteiger charge is -2.14. The molecule has 115 heavy (non-hydrogen) atoms. The van der Waals surface area contributed by atoms with E-state index < -0.39 is 49.7 Å². The van der Waals surface area contributed by atoms with Crippen molar-refractivity contribution in [2.75, 3.05) is 109 Å². The molecule has 0 radical (unpaired) electrons. The molecule has 0 atom stereocenters. The normalized spacial score (nSPS) is 11.5. The van der Waals surface area contributed by atoms with Crippen LogP contribution < -0.4 is 27.0 Å². The minimum Gasteiger partial charge on any atom is -0.473 e. The molecular weight excluding hydrogens is 1670 g/mol. The SMILES string of the molecule is CO.COC(=O)SCCN.COC(=O)SCCNC(=O)OCC1c2ccccc2-c2ccccc21.O=C(NCCS)OCC1c2ccccc2-c2ccccc21.O=C(NCCSC(=O)Cl)OCC1c2ccccc2-c2ccccc21.O=C(NCCSC(=O)O)OCC1c2ccccc2-c2ccccc21.O=C(O)OC(=O)O.O=S(Cl)Cl. The third-order valence-corrected chi connectivity index (χ3v) is 19.9. The van der Waals surface area contributed by atoms with Gasteiger partial charge in [0.15, 0.2) is 0 Å². The molecule has 614 valence electrons. The van der Waals surface area contributed by atoms with Gasteiger partial charge >= 0.3 is 52.6 Å². The van der Waals surface area contributed by atoms with Crippen LogP contribution in [0.1, 0.15) is 68.2 Å². The molecule has 0 aromatic heterocycles. The van der Waals surface area contributed by atoms with Crippen LogP contribution in [-0.4, -0.2) is 191 Å². The van der Waals surface area contributed by atoms with E-state index >= 15 is 0 Å². The van der Waals surface area contributed by atoms with Crippen LogP contribution in [0.4, 0.5) is 47.9 Å². The molecule has 36 heteroatoms. The summed E-state index contributed by atoms with van der Waals surface area (Å²) in [7, 11) is 11.0. The number of rotatable bonds is 21. The van der Waals surface area contributed by atoms with Gasteiger partial charge in [-0.3, -0.25) is 4.79 Å². The van der Waals surface area contributed by atoms with E-state index in [1.807, 2.05) is 97.1 Å². The first-order valence-corrected chi connectivity index (χ1v) is 42.4. The van der Waals surface area contributed by atoms with Gasteiger partial charge in [-0.1, -0.05) is 206 Å². The molecule has 10 N–H and O–H groups in total. The van der Waals surface area contributed by atoms with E-state index in [2.05, 4.69) is 167 Å². The second-order valence-corrected chi connectivity index (χ2v) is 30.9. The maximum Gasteiger partial charge on any atom is 0.516 e. The molecular formula is C79H84Cl3N5O22S6.